The summed E-state index contributed by atoms with van der Waals surface area (Å²) in [4.78, 5) is 2.00. The van der Waals surface area contributed by atoms with Gasteiger partial charge in [-0.05, 0) is 68.7 Å². The minimum atomic E-state index is -3.14. The molecule has 1 aromatic carbocycles. The molecule has 0 saturated heterocycles. The zero-order valence-electron chi connectivity index (χ0n) is 29.3. The molecule has 256 valence electrons. The molecule has 0 aromatic heterocycles. The van der Waals surface area contributed by atoms with Gasteiger partial charge >= 0.3 is 0 Å². The molecule has 3 atom stereocenters. The molecule has 1 aliphatic carbocycles. The number of nitrogens with one attached hydrogen (secondary N) is 2. The fourth-order valence-corrected chi connectivity index (χ4v) is 6.88. The molecule has 0 bridgehead atoms. The summed E-state index contributed by atoms with van der Waals surface area (Å²) in [5, 5.41) is 6.84. The van der Waals surface area contributed by atoms with Crippen LogP contribution in [0.15, 0.2) is 67.9 Å². The fraction of sp³-hybridized carbons (Fsp3) is 0.632. The SMILES string of the molecule is C=CC#CC.C=CC(CCC(C)C)CNC(=C)CNC[C@H](Cc1ccccc1)CS(=O)(=O)CCN(C)CP.CC1CCCCC1. The molecule has 0 amide bonds. The highest BCUT2D eigenvalue weighted by Crippen LogP contribution is 2.22. The Morgan fingerprint density at radius 1 is 1.11 bits per heavy atom. The highest BCUT2D eigenvalue weighted by Gasteiger charge is 2.20. The summed E-state index contributed by atoms with van der Waals surface area (Å²) in [6, 6.07) is 10.1. The minimum Gasteiger partial charge on any atom is -0.387 e. The van der Waals surface area contributed by atoms with Gasteiger partial charge < -0.3 is 15.5 Å². The Morgan fingerprint density at radius 3 is 2.27 bits per heavy atom. The number of sulfone groups is 1. The highest BCUT2D eigenvalue weighted by molar-refractivity contribution is 7.91. The molecular weight excluding hydrogens is 593 g/mol. The molecule has 0 radical (unpaired) electrons. The van der Waals surface area contributed by atoms with Crippen LogP contribution < -0.4 is 10.6 Å². The number of hydrogen-bond donors (Lipinski definition) is 2. The summed E-state index contributed by atoms with van der Waals surface area (Å²) < 4.78 is 25.5. The molecule has 0 aliphatic heterocycles. The lowest BCUT2D eigenvalue weighted by Gasteiger charge is -2.21. The van der Waals surface area contributed by atoms with Crippen LogP contribution in [-0.4, -0.2) is 64.3 Å². The molecule has 2 N–H and O–H groups in total. The smallest absolute Gasteiger partial charge is 0.151 e. The summed E-state index contributed by atoms with van der Waals surface area (Å²) in [6.07, 6.45) is 14.8. The largest absolute Gasteiger partial charge is 0.387 e. The Labute approximate surface area is 281 Å². The first kappa shape index (κ1) is 43.1. The highest BCUT2D eigenvalue weighted by atomic mass is 32.2. The van der Waals surface area contributed by atoms with Crippen LogP contribution >= 0.6 is 9.24 Å². The first-order valence-electron chi connectivity index (χ1n) is 16.9. The van der Waals surface area contributed by atoms with Gasteiger partial charge in [0.25, 0.3) is 0 Å². The Balaban J connectivity index is 0.00000134. The molecule has 1 aromatic rings. The Kier molecular flexibility index (Phi) is 26.1. The van der Waals surface area contributed by atoms with E-state index in [0.29, 0.717) is 31.5 Å². The van der Waals surface area contributed by atoms with Gasteiger partial charge in [0.15, 0.2) is 9.84 Å². The molecule has 0 spiro atoms. The molecule has 0 heterocycles. The van der Waals surface area contributed by atoms with Crippen LogP contribution in [-0.2, 0) is 16.3 Å². The third kappa shape index (κ3) is 25.9. The van der Waals surface area contributed by atoms with E-state index in [1.807, 2.05) is 36.2 Å². The number of benzene rings is 1. The van der Waals surface area contributed by atoms with E-state index >= 15 is 0 Å². The van der Waals surface area contributed by atoms with E-state index in [9.17, 15) is 8.42 Å². The standard InChI is InChI=1S/C26H46N3O2PS.C7H14.C5H6/c1-6-24(13-12-22(2)3)19-28-23(4)17-27-18-26(16-25-10-8-7-9-11-25)20-33(30,31)15-14-29(5)21-32;1-7-5-3-2-4-6-7;1-3-5-4-2/h6-11,22,24,26-28H,1,4,12-21,32H2,2-3,5H3;7H,2-6H2,1H3;3H,1H2,2H3/t24?,26-;;/m0../s1. The maximum atomic E-state index is 12.8. The lowest BCUT2D eigenvalue weighted by molar-refractivity contribution is 0.385. The monoisotopic (exact) mass is 659 g/mol. The van der Waals surface area contributed by atoms with Crippen LogP contribution in [0, 0.1) is 35.5 Å². The van der Waals surface area contributed by atoms with Gasteiger partial charge in [0, 0.05) is 31.6 Å². The molecule has 7 heteroatoms. The second kappa shape index (κ2) is 27.2. The summed E-state index contributed by atoms with van der Waals surface area (Å²) in [5.41, 5.74) is 2.09. The van der Waals surface area contributed by atoms with Crippen LogP contribution in [0.1, 0.15) is 78.2 Å². The van der Waals surface area contributed by atoms with Gasteiger partial charge in [0.05, 0.1) is 11.5 Å². The van der Waals surface area contributed by atoms with E-state index in [1.54, 1.807) is 13.0 Å². The van der Waals surface area contributed by atoms with Crippen LogP contribution in [0.3, 0.4) is 0 Å². The molecule has 2 rings (SSSR count). The van der Waals surface area contributed by atoms with Gasteiger partial charge in [-0.2, -0.15) is 0 Å². The van der Waals surface area contributed by atoms with Crippen molar-refractivity contribution in [1.82, 2.24) is 15.5 Å². The third-order valence-electron chi connectivity index (χ3n) is 7.93. The summed E-state index contributed by atoms with van der Waals surface area (Å²) >= 11 is 0. The van der Waals surface area contributed by atoms with E-state index in [4.69, 9.17) is 0 Å². The van der Waals surface area contributed by atoms with Crippen LogP contribution in [0.25, 0.3) is 0 Å². The van der Waals surface area contributed by atoms with Crippen molar-refractivity contribution in [3.63, 3.8) is 0 Å². The molecule has 2 unspecified atom stereocenters. The average Bonchev–Trinajstić information content (AvgIpc) is 3.01. The Morgan fingerprint density at radius 2 is 1.78 bits per heavy atom. The van der Waals surface area contributed by atoms with Crippen molar-refractivity contribution in [3.8, 4) is 11.8 Å². The molecule has 45 heavy (non-hydrogen) atoms. The van der Waals surface area contributed by atoms with Gasteiger partial charge in [-0.25, -0.2) is 8.42 Å². The summed E-state index contributed by atoms with van der Waals surface area (Å²) in [5.74, 6) is 7.82. The van der Waals surface area contributed by atoms with E-state index < -0.39 is 9.84 Å². The van der Waals surface area contributed by atoms with Crippen molar-refractivity contribution >= 4 is 19.1 Å². The van der Waals surface area contributed by atoms with Crippen molar-refractivity contribution in [1.29, 1.82) is 0 Å². The fourth-order valence-electron chi connectivity index (χ4n) is 4.99. The van der Waals surface area contributed by atoms with Gasteiger partial charge in [-0.3, -0.25) is 0 Å². The zero-order chi connectivity index (χ0) is 33.9. The van der Waals surface area contributed by atoms with Gasteiger partial charge in [0.1, 0.15) is 0 Å². The molecular formula is C38H66N3O2PS. The number of allylic oxidation sites excluding steroid dienone is 1. The van der Waals surface area contributed by atoms with E-state index in [0.717, 1.165) is 42.9 Å². The predicted molar refractivity (Wildman–Crippen MR) is 203 cm³/mol. The number of nitrogens with zero attached hydrogens (tertiary/aromatic N) is 1. The van der Waals surface area contributed by atoms with Crippen LogP contribution in [0.2, 0.25) is 0 Å². The van der Waals surface area contributed by atoms with Gasteiger partial charge in [-0.15, -0.1) is 21.7 Å². The lowest BCUT2D eigenvalue weighted by atomic mass is 9.91. The van der Waals surface area contributed by atoms with Crippen LogP contribution in [0.4, 0.5) is 0 Å². The maximum absolute atomic E-state index is 12.8. The first-order chi connectivity index (χ1) is 21.5. The third-order valence-corrected chi connectivity index (χ3v) is 10.3. The van der Waals surface area contributed by atoms with Crippen LogP contribution in [0.5, 0.6) is 0 Å². The van der Waals surface area contributed by atoms with Crippen molar-refractivity contribution in [3.05, 3.63) is 73.5 Å². The second-order valence-electron chi connectivity index (χ2n) is 12.9. The molecule has 1 fully saturated rings. The summed E-state index contributed by atoms with van der Waals surface area (Å²) in [6.45, 7) is 22.7. The van der Waals surface area contributed by atoms with E-state index in [1.165, 1.54) is 38.5 Å². The number of rotatable bonds is 19. The Bertz CT molecular complexity index is 1070. The van der Waals surface area contributed by atoms with Gasteiger partial charge in [0.2, 0.25) is 0 Å². The van der Waals surface area contributed by atoms with Crippen molar-refractivity contribution in [2.45, 2.75) is 79.1 Å². The van der Waals surface area contributed by atoms with Gasteiger partial charge in [-0.1, -0.05) is 115 Å². The second-order valence-corrected chi connectivity index (χ2v) is 15.5. The average molecular weight is 660 g/mol. The number of hydrogen-bond acceptors (Lipinski definition) is 5. The zero-order valence-corrected chi connectivity index (χ0v) is 31.3. The quantitative estimate of drug-likeness (QED) is 0.0904. The topological polar surface area (TPSA) is 61.4 Å². The van der Waals surface area contributed by atoms with E-state index in [-0.39, 0.29) is 17.4 Å². The van der Waals surface area contributed by atoms with Crippen molar-refractivity contribution in [2.75, 3.05) is 51.0 Å². The van der Waals surface area contributed by atoms with E-state index in [2.05, 4.69) is 84.4 Å². The molecule has 1 aliphatic rings. The summed E-state index contributed by atoms with van der Waals surface area (Å²) in [7, 11) is 1.43. The molecule has 1 saturated carbocycles. The molecule has 5 nitrogen and oxygen atoms in total. The van der Waals surface area contributed by atoms with Crippen molar-refractivity contribution < 1.29 is 8.42 Å². The Hall–Kier alpha value is -1.90. The minimum absolute atomic E-state index is 0.0125. The maximum Gasteiger partial charge on any atom is 0.151 e. The first-order valence-corrected chi connectivity index (χ1v) is 19.5. The lowest BCUT2D eigenvalue weighted by Crippen LogP contribution is -2.35. The predicted octanol–water partition coefficient (Wildman–Crippen LogP) is 7.74. The van der Waals surface area contributed by atoms with Crippen molar-refractivity contribution in [2.24, 2.45) is 23.7 Å². The normalized spacial score (nSPS) is 14.5.